The predicted molar refractivity (Wildman–Crippen MR) is 86.0 cm³/mol. The molecule has 1 aliphatic heterocycles. The molecule has 0 saturated heterocycles. The van der Waals surface area contributed by atoms with Gasteiger partial charge in [0.15, 0.2) is 0 Å². The molecule has 3 rings (SSSR count). The van der Waals surface area contributed by atoms with Crippen LogP contribution in [-0.4, -0.2) is 15.0 Å². The van der Waals surface area contributed by atoms with Gasteiger partial charge in [-0.25, -0.2) is 0 Å². The van der Waals surface area contributed by atoms with Crippen LogP contribution >= 0.6 is 0 Å². The molecule has 0 saturated carbocycles. The summed E-state index contributed by atoms with van der Waals surface area (Å²) in [5.41, 5.74) is 4.36. The van der Waals surface area contributed by atoms with Gasteiger partial charge in [-0.3, -0.25) is 9.03 Å². The molecule has 21 heavy (non-hydrogen) atoms. The van der Waals surface area contributed by atoms with Gasteiger partial charge in [0.05, 0.1) is 11.4 Å². The highest BCUT2D eigenvalue weighted by molar-refractivity contribution is 7.94. The van der Waals surface area contributed by atoms with E-state index in [0.29, 0.717) is 12.2 Å². The van der Waals surface area contributed by atoms with Crippen LogP contribution in [0.15, 0.2) is 42.5 Å². The summed E-state index contributed by atoms with van der Waals surface area (Å²) in [4.78, 5) is 0. The lowest BCUT2D eigenvalue weighted by molar-refractivity contribution is 0.597. The van der Waals surface area contributed by atoms with Gasteiger partial charge in [-0.15, -0.1) is 0 Å². The van der Waals surface area contributed by atoms with Crippen molar-refractivity contribution in [2.45, 2.75) is 20.3 Å². The molecule has 0 amide bonds. The predicted octanol–water partition coefficient (Wildman–Crippen LogP) is 3.02. The number of para-hydroxylation sites is 2. The molecule has 0 bridgehead atoms. The molecule has 0 fully saturated rings. The van der Waals surface area contributed by atoms with Gasteiger partial charge in [-0.2, -0.15) is 8.42 Å². The number of rotatable bonds is 3. The smallest absolute Gasteiger partial charge is 0.266 e. The molecule has 2 aromatic carbocycles. The van der Waals surface area contributed by atoms with Gasteiger partial charge in [0.2, 0.25) is 0 Å². The van der Waals surface area contributed by atoms with Gasteiger partial charge in [0, 0.05) is 6.54 Å². The largest absolute Gasteiger partial charge is 0.324 e. The van der Waals surface area contributed by atoms with Crippen LogP contribution in [0.5, 0.6) is 0 Å². The number of nitrogens with one attached hydrogen (secondary N) is 1. The molecule has 0 aliphatic carbocycles. The Hall–Kier alpha value is -2.01. The third-order valence-electron chi connectivity index (χ3n) is 3.85. The molecule has 0 radical (unpaired) electrons. The summed E-state index contributed by atoms with van der Waals surface area (Å²) in [5.74, 6) is 0. The first-order valence-corrected chi connectivity index (χ1v) is 8.37. The average Bonchev–Trinajstić information content (AvgIpc) is 2.88. The fourth-order valence-corrected chi connectivity index (χ4v) is 4.18. The van der Waals surface area contributed by atoms with Gasteiger partial charge in [-0.05, 0) is 43.0 Å². The van der Waals surface area contributed by atoms with Crippen molar-refractivity contribution in [3.05, 3.63) is 59.2 Å². The van der Waals surface area contributed by atoms with Crippen molar-refractivity contribution in [1.29, 1.82) is 0 Å². The summed E-state index contributed by atoms with van der Waals surface area (Å²) in [5, 5.41) is 0. The van der Waals surface area contributed by atoms with Gasteiger partial charge < -0.3 is 0 Å². The van der Waals surface area contributed by atoms with Crippen LogP contribution in [0.2, 0.25) is 0 Å². The third kappa shape index (κ3) is 2.49. The summed E-state index contributed by atoms with van der Waals surface area (Å²) in [6, 6.07) is 13.4. The topological polar surface area (TPSA) is 49.4 Å². The second-order valence-electron chi connectivity index (χ2n) is 5.32. The zero-order chi connectivity index (χ0) is 15.0. The first-order valence-electron chi connectivity index (χ1n) is 6.93. The van der Waals surface area contributed by atoms with E-state index in [1.165, 1.54) is 4.31 Å². The Bertz CT molecular complexity index is 764. The first-order chi connectivity index (χ1) is 9.99. The normalized spacial score (nSPS) is 14.1. The van der Waals surface area contributed by atoms with E-state index in [9.17, 15) is 8.42 Å². The molecule has 1 aliphatic rings. The van der Waals surface area contributed by atoms with Crippen molar-refractivity contribution in [2.24, 2.45) is 0 Å². The Labute approximate surface area is 125 Å². The average molecular weight is 302 g/mol. The Morgan fingerprint density at radius 1 is 1.00 bits per heavy atom. The third-order valence-corrected chi connectivity index (χ3v) is 5.27. The monoisotopic (exact) mass is 302 g/mol. The van der Waals surface area contributed by atoms with E-state index in [2.05, 4.69) is 4.72 Å². The van der Waals surface area contributed by atoms with Gasteiger partial charge in [-0.1, -0.05) is 36.4 Å². The van der Waals surface area contributed by atoms with Crippen molar-refractivity contribution in [2.75, 3.05) is 15.6 Å². The summed E-state index contributed by atoms with van der Waals surface area (Å²) in [6.07, 6.45) is 0.754. The number of nitrogens with zero attached hydrogens (tertiary/aromatic N) is 1. The maximum atomic E-state index is 12.7. The van der Waals surface area contributed by atoms with Crippen LogP contribution in [0.4, 0.5) is 11.4 Å². The molecule has 0 spiro atoms. The molecular formula is C16H18N2O2S. The minimum absolute atomic E-state index is 0.486. The molecule has 0 aromatic heterocycles. The summed E-state index contributed by atoms with van der Waals surface area (Å²) in [6.45, 7) is 4.30. The van der Waals surface area contributed by atoms with Crippen molar-refractivity contribution >= 4 is 21.6 Å². The lowest BCUT2D eigenvalue weighted by atomic mass is 10.1. The van der Waals surface area contributed by atoms with Crippen molar-refractivity contribution in [1.82, 2.24) is 0 Å². The van der Waals surface area contributed by atoms with Crippen molar-refractivity contribution in [3.63, 3.8) is 0 Å². The number of benzene rings is 2. The summed E-state index contributed by atoms with van der Waals surface area (Å²) in [7, 11) is -3.59. The van der Waals surface area contributed by atoms with Crippen LogP contribution < -0.4 is 9.03 Å². The summed E-state index contributed by atoms with van der Waals surface area (Å²) >= 11 is 0. The zero-order valence-corrected chi connectivity index (χ0v) is 12.9. The van der Waals surface area contributed by atoms with Crippen LogP contribution in [-0.2, 0) is 16.6 Å². The Kier molecular flexibility index (Phi) is 3.37. The zero-order valence-electron chi connectivity index (χ0n) is 12.1. The second-order valence-corrected chi connectivity index (χ2v) is 6.92. The van der Waals surface area contributed by atoms with E-state index in [4.69, 9.17) is 0 Å². The van der Waals surface area contributed by atoms with E-state index in [1.807, 2.05) is 56.3 Å². The highest BCUT2D eigenvalue weighted by atomic mass is 32.2. The minimum atomic E-state index is -3.59. The Morgan fingerprint density at radius 2 is 1.67 bits per heavy atom. The SMILES string of the molecule is Cc1cccc(C)c1NS(=O)(=O)N1CCc2ccccc21. The molecular weight excluding hydrogens is 284 g/mol. The standard InChI is InChI=1S/C16H18N2O2S/c1-12-6-5-7-13(2)16(12)17-21(19,20)18-11-10-14-8-3-4-9-15(14)18/h3-9,17H,10-11H2,1-2H3. The van der Waals surface area contributed by atoms with Crippen LogP contribution in [0.25, 0.3) is 0 Å². The molecule has 0 atom stereocenters. The van der Waals surface area contributed by atoms with Crippen molar-refractivity contribution in [3.8, 4) is 0 Å². The highest BCUT2D eigenvalue weighted by Crippen LogP contribution is 2.31. The lowest BCUT2D eigenvalue weighted by Gasteiger charge is -2.22. The maximum absolute atomic E-state index is 12.7. The van der Waals surface area contributed by atoms with E-state index < -0.39 is 10.2 Å². The van der Waals surface area contributed by atoms with Crippen LogP contribution in [0.1, 0.15) is 16.7 Å². The molecule has 1 N–H and O–H groups in total. The lowest BCUT2D eigenvalue weighted by Crippen LogP contribution is -2.34. The second kappa shape index (κ2) is 5.07. The minimum Gasteiger partial charge on any atom is -0.266 e. The van der Waals surface area contributed by atoms with Gasteiger partial charge in [0.1, 0.15) is 0 Å². The number of anilines is 2. The van der Waals surface area contributed by atoms with E-state index >= 15 is 0 Å². The maximum Gasteiger partial charge on any atom is 0.324 e. The van der Waals surface area contributed by atoms with E-state index in [0.717, 1.165) is 28.8 Å². The van der Waals surface area contributed by atoms with Gasteiger partial charge in [0.25, 0.3) is 0 Å². The van der Waals surface area contributed by atoms with Gasteiger partial charge >= 0.3 is 10.2 Å². The van der Waals surface area contributed by atoms with E-state index in [1.54, 1.807) is 0 Å². The Balaban J connectivity index is 1.96. The van der Waals surface area contributed by atoms with E-state index in [-0.39, 0.29) is 0 Å². The van der Waals surface area contributed by atoms with Crippen molar-refractivity contribution < 1.29 is 8.42 Å². The number of aryl methyl sites for hydroxylation is 2. The van der Waals surface area contributed by atoms with Crippen LogP contribution in [0.3, 0.4) is 0 Å². The molecule has 5 heteroatoms. The molecule has 110 valence electrons. The first kappa shape index (κ1) is 13.9. The van der Waals surface area contributed by atoms with Crippen LogP contribution in [0, 0.1) is 13.8 Å². The molecule has 1 heterocycles. The number of hydrogen-bond acceptors (Lipinski definition) is 2. The molecule has 4 nitrogen and oxygen atoms in total. The highest BCUT2D eigenvalue weighted by Gasteiger charge is 2.29. The Morgan fingerprint density at radius 3 is 2.38 bits per heavy atom. The number of hydrogen-bond donors (Lipinski definition) is 1. The fourth-order valence-electron chi connectivity index (χ4n) is 2.72. The number of fused-ring (bicyclic) bond motifs is 1. The quantitative estimate of drug-likeness (QED) is 0.947. The summed E-state index contributed by atoms with van der Waals surface area (Å²) < 4.78 is 29.6. The molecule has 0 unspecified atom stereocenters. The molecule has 2 aromatic rings. The fraction of sp³-hybridized carbons (Fsp3) is 0.250.